The summed E-state index contributed by atoms with van der Waals surface area (Å²) in [7, 11) is 1.88. The van der Waals surface area contributed by atoms with Crippen molar-refractivity contribution in [1.29, 1.82) is 0 Å². The van der Waals surface area contributed by atoms with Crippen LogP contribution in [0.5, 0.6) is 0 Å². The SMILES string of the molecule is Cc1cnn(CC2CN(CC(=O)Nc3c(C)nn(C)c3C)CCO2)c1. The second kappa shape index (κ2) is 7.37. The van der Waals surface area contributed by atoms with Gasteiger partial charge in [0.25, 0.3) is 0 Å². The molecule has 0 bridgehead atoms. The lowest BCUT2D eigenvalue weighted by Gasteiger charge is -2.32. The number of anilines is 1. The lowest BCUT2D eigenvalue weighted by molar-refractivity contribution is -0.119. The van der Waals surface area contributed by atoms with E-state index in [9.17, 15) is 4.79 Å². The number of nitrogens with zero attached hydrogens (tertiary/aromatic N) is 5. The number of amides is 1. The van der Waals surface area contributed by atoms with Crippen LogP contribution in [-0.4, -0.2) is 62.7 Å². The Bertz CT molecular complexity index is 750. The summed E-state index contributed by atoms with van der Waals surface area (Å²) in [5, 5.41) is 11.6. The highest BCUT2D eigenvalue weighted by Crippen LogP contribution is 2.18. The smallest absolute Gasteiger partial charge is 0.238 e. The number of morpholine rings is 1. The number of hydrogen-bond acceptors (Lipinski definition) is 5. The molecule has 0 aliphatic carbocycles. The third kappa shape index (κ3) is 4.26. The standard InChI is InChI=1S/C17H26N6O2/c1-12-7-18-23(8-12)10-15-9-22(5-6-25-15)11-16(24)19-17-13(2)20-21(4)14(17)3/h7-8,15H,5-6,9-11H2,1-4H3,(H,19,24). The minimum atomic E-state index is -0.0187. The average molecular weight is 346 g/mol. The first kappa shape index (κ1) is 17.6. The third-order valence-electron chi connectivity index (χ3n) is 4.52. The van der Waals surface area contributed by atoms with Crippen molar-refractivity contribution >= 4 is 11.6 Å². The number of nitrogens with one attached hydrogen (secondary N) is 1. The van der Waals surface area contributed by atoms with E-state index in [0.29, 0.717) is 19.7 Å². The Labute approximate surface area is 147 Å². The summed E-state index contributed by atoms with van der Waals surface area (Å²) in [5.41, 5.74) is 3.74. The van der Waals surface area contributed by atoms with E-state index in [1.165, 1.54) is 0 Å². The summed E-state index contributed by atoms with van der Waals surface area (Å²) in [6.45, 7) is 9.03. The van der Waals surface area contributed by atoms with Crippen molar-refractivity contribution in [3.63, 3.8) is 0 Å². The first-order valence-electron chi connectivity index (χ1n) is 8.55. The van der Waals surface area contributed by atoms with Crippen LogP contribution in [0.25, 0.3) is 0 Å². The van der Waals surface area contributed by atoms with Crippen LogP contribution in [-0.2, 0) is 23.1 Å². The molecule has 2 aromatic rings. The second-order valence-electron chi connectivity index (χ2n) is 6.69. The first-order valence-corrected chi connectivity index (χ1v) is 8.55. The Balaban J connectivity index is 1.54. The van der Waals surface area contributed by atoms with Gasteiger partial charge in [0.2, 0.25) is 5.91 Å². The molecule has 1 aliphatic heterocycles. The molecule has 1 unspecified atom stereocenters. The number of ether oxygens (including phenoxy) is 1. The highest BCUT2D eigenvalue weighted by Gasteiger charge is 2.23. The normalized spacial score (nSPS) is 18.5. The van der Waals surface area contributed by atoms with Gasteiger partial charge in [-0.1, -0.05) is 0 Å². The molecule has 0 radical (unpaired) electrons. The zero-order valence-corrected chi connectivity index (χ0v) is 15.3. The van der Waals surface area contributed by atoms with Crippen LogP contribution in [0.1, 0.15) is 17.0 Å². The predicted octanol–water partition coefficient (Wildman–Crippen LogP) is 0.881. The molecule has 3 rings (SSSR count). The molecule has 25 heavy (non-hydrogen) atoms. The first-order chi connectivity index (χ1) is 11.9. The lowest BCUT2D eigenvalue weighted by atomic mass is 10.2. The third-order valence-corrected chi connectivity index (χ3v) is 4.52. The highest BCUT2D eigenvalue weighted by atomic mass is 16.5. The molecule has 136 valence electrons. The molecule has 1 atom stereocenters. The number of carbonyl (C=O) groups is 1. The van der Waals surface area contributed by atoms with Crippen LogP contribution >= 0.6 is 0 Å². The van der Waals surface area contributed by atoms with Crippen molar-refractivity contribution in [3.05, 3.63) is 29.3 Å². The van der Waals surface area contributed by atoms with Gasteiger partial charge in [0.15, 0.2) is 0 Å². The van der Waals surface area contributed by atoms with Crippen molar-refractivity contribution in [2.45, 2.75) is 33.4 Å². The molecule has 8 nitrogen and oxygen atoms in total. The minimum Gasteiger partial charge on any atom is -0.374 e. The molecule has 3 heterocycles. The van der Waals surface area contributed by atoms with Crippen molar-refractivity contribution in [2.75, 3.05) is 31.6 Å². The van der Waals surface area contributed by atoms with E-state index in [4.69, 9.17) is 4.74 Å². The Hall–Kier alpha value is -2.19. The zero-order valence-electron chi connectivity index (χ0n) is 15.3. The zero-order chi connectivity index (χ0) is 18.0. The fourth-order valence-corrected chi connectivity index (χ4v) is 3.15. The largest absolute Gasteiger partial charge is 0.374 e. The van der Waals surface area contributed by atoms with Crippen LogP contribution in [0.2, 0.25) is 0 Å². The number of aromatic nitrogens is 4. The van der Waals surface area contributed by atoms with Crippen LogP contribution < -0.4 is 5.32 Å². The number of carbonyl (C=O) groups excluding carboxylic acids is 1. The van der Waals surface area contributed by atoms with Crippen LogP contribution in [0.15, 0.2) is 12.4 Å². The molecule has 1 fully saturated rings. The van der Waals surface area contributed by atoms with Crippen molar-refractivity contribution in [2.24, 2.45) is 7.05 Å². The van der Waals surface area contributed by atoms with E-state index < -0.39 is 0 Å². The summed E-state index contributed by atoms with van der Waals surface area (Å²) in [6.07, 6.45) is 3.89. The Kier molecular flexibility index (Phi) is 5.19. The van der Waals surface area contributed by atoms with Gasteiger partial charge in [-0.05, 0) is 26.3 Å². The molecule has 1 N–H and O–H groups in total. The van der Waals surface area contributed by atoms with Gasteiger partial charge in [-0.25, -0.2) is 0 Å². The van der Waals surface area contributed by atoms with E-state index in [1.807, 2.05) is 44.9 Å². The molecule has 8 heteroatoms. The van der Waals surface area contributed by atoms with Crippen molar-refractivity contribution in [1.82, 2.24) is 24.5 Å². The van der Waals surface area contributed by atoms with E-state index in [2.05, 4.69) is 20.4 Å². The summed E-state index contributed by atoms with van der Waals surface area (Å²) in [5.74, 6) is -0.0187. The van der Waals surface area contributed by atoms with E-state index >= 15 is 0 Å². The Morgan fingerprint density at radius 2 is 2.20 bits per heavy atom. The minimum absolute atomic E-state index is 0.0187. The van der Waals surface area contributed by atoms with Gasteiger partial charge in [0.1, 0.15) is 0 Å². The number of hydrogen-bond donors (Lipinski definition) is 1. The predicted molar refractivity (Wildman–Crippen MR) is 94.5 cm³/mol. The Morgan fingerprint density at radius 1 is 1.40 bits per heavy atom. The van der Waals surface area contributed by atoms with Gasteiger partial charge in [-0.3, -0.25) is 19.1 Å². The van der Waals surface area contributed by atoms with Gasteiger partial charge in [-0.15, -0.1) is 0 Å². The van der Waals surface area contributed by atoms with Gasteiger partial charge < -0.3 is 10.1 Å². The van der Waals surface area contributed by atoms with Crippen molar-refractivity contribution < 1.29 is 9.53 Å². The molecule has 0 saturated carbocycles. The number of rotatable bonds is 5. The molecular weight excluding hydrogens is 320 g/mol. The highest BCUT2D eigenvalue weighted by molar-refractivity contribution is 5.93. The summed E-state index contributed by atoms with van der Waals surface area (Å²) < 4.78 is 9.49. The van der Waals surface area contributed by atoms with Crippen LogP contribution in [0.3, 0.4) is 0 Å². The maximum absolute atomic E-state index is 12.4. The van der Waals surface area contributed by atoms with Crippen LogP contribution in [0.4, 0.5) is 5.69 Å². The van der Waals surface area contributed by atoms with E-state index in [0.717, 1.165) is 35.7 Å². The maximum Gasteiger partial charge on any atom is 0.238 e. The Morgan fingerprint density at radius 3 is 2.84 bits per heavy atom. The van der Waals surface area contributed by atoms with Gasteiger partial charge in [-0.2, -0.15) is 10.2 Å². The molecule has 1 aliphatic rings. The molecular formula is C17H26N6O2. The van der Waals surface area contributed by atoms with Gasteiger partial charge >= 0.3 is 0 Å². The fraction of sp³-hybridized carbons (Fsp3) is 0.588. The molecule has 0 aromatic carbocycles. The van der Waals surface area contributed by atoms with E-state index in [1.54, 1.807) is 4.68 Å². The lowest BCUT2D eigenvalue weighted by Crippen LogP contribution is -2.47. The van der Waals surface area contributed by atoms with E-state index in [-0.39, 0.29) is 12.0 Å². The molecule has 1 saturated heterocycles. The summed E-state index contributed by atoms with van der Waals surface area (Å²) in [6, 6.07) is 0. The maximum atomic E-state index is 12.4. The van der Waals surface area contributed by atoms with Gasteiger partial charge in [0.05, 0.1) is 49.1 Å². The topological polar surface area (TPSA) is 77.2 Å². The quantitative estimate of drug-likeness (QED) is 0.870. The van der Waals surface area contributed by atoms with Gasteiger partial charge in [0, 0.05) is 26.3 Å². The van der Waals surface area contributed by atoms with Crippen LogP contribution in [0, 0.1) is 20.8 Å². The van der Waals surface area contributed by atoms with Crippen molar-refractivity contribution in [3.8, 4) is 0 Å². The summed E-state index contributed by atoms with van der Waals surface area (Å²) >= 11 is 0. The average Bonchev–Trinajstić information content (AvgIpc) is 3.06. The second-order valence-corrected chi connectivity index (χ2v) is 6.69. The number of aryl methyl sites for hydroxylation is 3. The molecule has 1 amide bonds. The molecule has 0 spiro atoms. The summed E-state index contributed by atoms with van der Waals surface area (Å²) in [4.78, 5) is 14.5. The molecule has 2 aromatic heterocycles. The fourth-order valence-electron chi connectivity index (χ4n) is 3.15. The monoisotopic (exact) mass is 346 g/mol.